The van der Waals surface area contributed by atoms with Gasteiger partial charge in [-0.05, 0) is 42.9 Å². The number of rotatable bonds is 2. The summed E-state index contributed by atoms with van der Waals surface area (Å²) in [5.41, 5.74) is -0.712. The summed E-state index contributed by atoms with van der Waals surface area (Å²) in [5.74, 6) is -0.949. The third kappa shape index (κ3) is 5.95. The number of nitrogens with one attached hydrogen (secondary N) is 3. The highest BCUT2D eigenvalue weighted by Crippen LogP contribution is 2.34. The highest BCUT2D eigenvalue weighted by atomic mass is 16.5. The van der Waals surface area contributed by atoms with Crippen LogP contribution < -0.4 is 16.0 Å². The highest BCUT2D eigenvalue weighted by Gasteiger charge is 2.47. The number of alkyl carbamates (subject to hydrolysis) is 1. The van der Waals surface area contributed by atoms with E-state index < -0.39 is 35.5 Å². The predicted octanol–water partition coefficient (Wildman–Crippen LogP) is 1.47. The second-order valence-electron chi connectivity index (χ2n) is 10.9. The van der Waals surface area contributed by atoms with Gasteiger partial charge in [0.05, 0.1) is 13.2 Å². The van der Waals surface area contributed by atoms with Crippen molar-refractivity contribution in [2.24, 2.45) is 23.2 Å². The van der Waals surface area contributed by atoms with E-state index in [9.17, 15) is 24.4 Å². The van der Waals surface area contributed by atoms with E-state index in [4.69, 9.17) is 4.74 Å². The van der Waals surface area contributed by atoms with E-state index in [1.807, 2.05) is 39.8 Å². The van der Waals surface area contributed by atoms with Gasteiger partial charge in [-0.2, -0.15) is 5.26 Å². The molecule has 192 valence electrons. The minimum atomic E-state index is -0.941. The molecule has 1 unspecified atom stereocenters. The zero-order valence-electron chi connectivity index (χ0n) is 21.2. The SMILES string of the molecule is COC(=O)N[C@@H]1C(=O)N2C[C@H](C(C)C)C[C@H]2C(=O)N[C@H](C#N)CC2C[C@@H](/C=C/CC1(C)C)NC2=O. The molecular formula is C25H37N5O5. The van der Waals surface area contributed by atoms with Gasteiger partial charge >= 0.3 is 6.09 Å². The lowest BCUT2D eigenvalue weighted by Gasteiger charge is -2.37. The first-order valence-electron chi connectivity index (χ1n) is 12.3. The van der Waals surface area contributed by atoms with Crippen LogP contribution in [0.5, 0.6) is 0 Å². The number of fused-ring (bicyclic) bond motifs is 3. The molecule has 3 heterocycles. The molecule has 0 saturated carbocycles. The van der Waals surface area contributed by atoms with Crippen molar-refractivity contribution in [2.75, 3.05) is 13.7 Å². The molecule has 2 saturated heterocycles. The molecule has 35 heavy (non-hydrogen) atoms. The van der Waals surface area contributed by atoms with E-state index in [2.05, 4.69) is 22.0 Å². The maximum absolute atomic E-state index is 13.9. The summed E-state index contributed by atoms with van der Waals surface area (Å²) in [6, 6.07) is -0.646. The van der Waals surface area contributed by atoms with Gasteiger partial charge in [0.1, 0.15) is 18.1 Å². The van der Waals surface area contributed by atoms with Crippen molar-refractivity contribution in [3.8, 4) is 6.07 Å². The molecule has 2 bridgehead atoms. The Bertz CT molecular complexity index is 924. The van der Waals surface area contributed by atoms with Crippen LogP contribution in [0, 0.1) is 34.5 Å². The number of nitrogens with zero attached hydrogens (tertiary/aromatic N) is 2. The number of carbonyl (C=O) groups is 4. The maximum Gasteiger partial charge on any atom is 0.407 e. The fraction of sp³-hybridized carbons (Fsp3) is 0.720. The lowest BCUT2D eigenvalue weighted by atomic mass is 9.80. The minimum Gasteiger partial charge on any atom is -0.453 e. The van der Waals surface area contributed by atoms with Crippen LogP contribution in [0.15, 0.2) is 12.2 Å². The van der Waals surface area contributed by atoms with Crippen LogP contribution in [-0.2, 0) is 19.1 Å². The lowest BCUT2D eigenvalue weighted by Crippen LogP contribution is -2.58. The van der Waals surface area contributed by atoms with Gasteiger partial charge in [-0.15, -0.1) is 0 Å². The van der Waals surface area contributed by atoms with Crippen LogP contribution in [0.3, 0.4) is 0 Å². The van der Waals surface area contributed by atoms with E-state index in [0.29, 0.717) is 25.8 Å². The van der Waals surface area contributed by atoms with Gasteiger partial charge in [0.25, 0.3) is 0 Å². The Morgan fingerprint density at radius 3 is 2.54 bits per heavy atom. The number of amides is 4. The second kappa shape index (κ2) is 10.7. The molecule has 0 aromatic rings. The summed E-state index contributed by atoms with van der Waals surface area (Å²) in [4.78, 5) is 53.5. The fourth-order valence-electron chi connectivity index (χ4n) is 5.23. The van der Waals surface area contributed by atoms with Crippen molar-refractivity contribution in [2.45, 2.75) is 77.5 Å². The average Bonchev–Trinajstić information content (AvgIpc) is 3.39. The molecule has 0 radical (unpaired) electrons. The van der Waals surface area contributed by atoms with Crippen molar-refractivity contribution < 1.29 is 23.9 Å². The first-order chi connectivity index (χ1) is 16.5. The Morgan fingerprint density at radius 2 is 1.91 bits per heavy atom. The largest absolute Gasteiger partial charge is 0.453 e. The number of hydrogen-bond acceptors (Lipinski definition) is 6. The molecule has 3 aliphatic rings. The first kappa shape index (κ1) is 26.5. The standard InChI is InChI=1S/C25H37N5O5/c1-14(2)16-11-19-22(32)28-18(12-26)10-15-9-17(27-21(15)31)7-6-8-25(3,4)20(29-24(34)35-5)23(33)30(19)13-16/h6-7,14-20H,8-11,13H2,1-5H3,(H,27,31)(H,28,32)(H,29,34)/b7-6+/t15?,16-,17-,18+,19+,20-/m1/s1. The van der Waals surface area contributed by atoms with Gasteiger partial charge < -0.3 is 25.6 Å². The van der Waals surface area contributed by atoms with Crippen molar-refractivity contribution >= 4 is 23.8 Å². The van der Waals surface area contributed by atoms with Crippen LogP contribution in [0.25, 0.3) is 0 Å². The van der Waals surface area contributed by atoms with Gasteiger partial charge in [0.2, 0.25) is 17.7 Å². The summed E-state index contributed by atoms with van der Waals surface area (Å²) in [5, 5.41) is 18.1. The Kier molecular flexibility index (Phi) is 8.08. The molecule has 3 rings (SSSR count). The number of nitriles is 1. The first-order valence-corrected chi connectivity index (χ1v) is 12.3. The van der Waals surface area contributed by atoms with Crippen LogP contribution in [0.4, 0.5) is 4.79 Å². The molecule has 2 fully saturated rings. The summed E-state index contributed by atoms with van der Waals surface area (Å²) >= 11 is 0. The number of carbonyl (C=O) groups excluding carboxylic acids is 4. The molecule has 6 atom stereocenters. The van der Waals surface area contributed by atoms with Crippen molar-refractivity contribution in [3.05, 3.63) is 12.2 Å². The number of methoxy groups -OCH3 is 1. The van der Waals surface area contributed by atoms with E-state index in [-0.39, 0.29) is 42.0 Å². The minimum absolute atomic E-state index is 0.0947. The topological polar surface area (TPSA) is 141 Å². The Balaban J connectivity index is 2.01. The van der Waals surface area contributed by atoms with Gasteiger partial charge in [0, 0.05) is 18.5 Å². The van der Waals surface area contributed by atoms with Crippen LogP contribution in [0.1, 0.15) is 53.4 Å². The maximum atomic E-state index is 13.9. The molecule has 10 heteroatoms. The molecule has 10 nitrogen and oxygen atoms in total. The van der Waals surface area contributed by atoms with Crippen LogP contribution in [-0.4, -0.2) is 66.5 Å². The molecule has 3 aliphatic heterocycles. The Labute approximate surface area is 206 Å². The Morgan fingerprint density at radius 1 is 1.20 bits per heavy atom. The van der Waals surface area contributed by atoms with Gasteiger partial charge in [0.15, 0.2) is 0 Å². The lowest BCUT2D eigenvalue weighted by molar-refractivity contribution is -0.142. The van der Waals surface area contributed by atoms with Crippen LogP contribution in [0.2, 0.25) is 0 Å². The average molecular weight is 488 g/mol. The normalized spacial score (nSPS) is 34.1. The molecule has 4 amide bonds. The van der Waals surface area contributed by atoms with Gasteiger partial charge in [-0.3, -0.25) is 14.4 Å². The third-order valence-electron chi connectivity index (χ3n) is 7.58. The smallest absolute Gasteiger partial charge is 0.407 e. The molecule has 0 spiro atoms. The molecule has 0 aliphatic carbocycles. The van der Waals surface area contributed by atoms with Crippen molar-refractivity contribution in [3.63, 3.8) is 0 Å². The van der Waals surface area contributed by atoms with E-state index in [0.717, 1.165) is 0 Å². The summed E-state index contributed by atoms with van der Waals surface area (Å²) in [6.07, 6.45) is 4.73. The third-order valence-corrected chi connectivity index (χ3v) is 7.58. The van der Waals surface area contributed by atoms with E-state index in [1.54, 1.807) is 4.90 Å². The second-order valence-corrected chi connectivity index (χ2v) is 10.9. The number of allylic oxidation sites excluding steroid dienone is 1. The summed E-state index contributed by atoms with van der Waals surface area (Å²) in [6.45, 7) is 8.23. The number of hydrogen-bond donors (Lipinski definition) is 3. The molecular weight excluding hydrogens is 450 g/mol. The zero-order chi connectivity index (χ0) is 25.9. The van der Waals surface area contributed by atoms with Crippen molar-refractivity contribution in [1.29, 1.82) is 5.26 Å². The predicted molar refractivity (Wildman–Crippen MR) is 128 cm³/mol. The molecule has 0 aromatic carbocycles. The van der Waals surface area contributed by atoms with E-state index >= 15 is 0 Å². The summed E-state index contributed by atoms with van der Waals surface area (Å²) < 4.78 is 4.79. The fourth-order valence-corrected chi connectivity index (χ4v) is 5.23. The van der Waals surface area contributed by atoms with Crippen molar-refractivity contribution in [1.82, 2.24) is 20.9 Å². The molecule has 3 N–H and O–H groups in total. The summed E-state index contributed by atoms with van der Waals surface area (Å²) in [7, 11) is 1.24. The van der Waals surface area contributed by atoms with E-state index in [1.165, 1.54) is 7.11 Å². The highest BCUT2D eigenvalue weighted by molar-refractivity contribution is 5.92. The number of ether oxygens (including phenoxy) is 1. The van der Waals surface area contributed by atoms with Gasteiger partial charge in [-0.25, -0.2) is 4.79 Å². The monoisotopic (exact) mass is 487 g/mol. The molecule has 0 aromatic heterocycles. The quantitative estimate of drug-likeness (QED) is 0.504. The van der Waals surface area contributed by atoms with Crippen LogP contribution >= 0.6 is 0 Å². The Hall–Kier alpha value is -3.09. The zero-order valence-corrected chi connectivity index (χ0v) is 21.2. The van der Waals surface area contributed by atoms with Gasteiger partial charge in [-0.1, -0.05) is 39.8 Å².